The van der Waals surface area contributed by atoms with Crippen molar-refractivity contribution in [2.45, 2.75) is 44.0 Å². The molecule has 0 saturated heterocycles. The van der Waals surface area contributed by atoms with Crippen molar-refractivity contribution in [2.75, 3.05) is 0 Å². The normalized spacial score (nSPS) is 15.1. The second-order valence-electron chi connectivity index (χ2n) is 5.33. The van der Waals surface area contributed by atoms with Crippen LogP contribution in [0, 0.1) is 5.41 Å². The maximum atomic E-state index is 2.54. The van der Waals surface area contributed by atoms with E-state index in [0.29, 0.717) is 3.92 Å². The first-order valence-electron chi connectivity index (χ1n) is 5.49. The lowest BCUT2D eigenvalue weighted by atomic mass is 9.63. The van der Waals surface area contributed by atoms with Crippen LogP contribution < -0.4 is 0 Å². The lowest BCUT2D eigenvalue weighted by molar-refractivity contribution is 0.204. The molecule has 1 aromatic rings. The van der Waals surface area contributed by atoms with E-state index in [4.69, 9.17) is 0 Å². The third kappa shape index (κ3) is 2.38. The minimum Gasteiger partial charge on any atom is -0.0823 e. The molecule has 0 heterocycles. The molecule has 1 unspecified atom stereocenters. The highest BCUT2D eigenvalue weighted by Crippen LogP contribution is 2.46. The fourth-order valence-electron chi connectivity index (χ4n) is 1.72. The standard InChI is InChI=1S/C14H21I/c1-11(15)13(2,3)14(4,5)12-9-7-6-8-10-12/h6-11H,1-5H3. The van der Waals surface area contributed by atoms with E-state index in [1.165, 1.54) is 5.56 Å². The Bertz CT molecular complexity index is 309. The van der Waals surface area contributed by atoms with Crippen LogP contribution in [-0.4, -0.2) is 3.92 Å². The molecule has 0 nitrogen and oxygen atoms in total. The summed E-state index contributed by atoms with van der Waals surface area (Å²) in [4.78, 5) is 0. The lowest BCUT2D eigenvalue weighted by Gasteiger charge is -2.44. The van der Waals surface area contributed by atoms with E-state index in [0.717, 1.165) is 0 Å². The molecule has 0 aliphatic rings. The minimum absolute atomic E-state index is 0.203. The molecule has 1 atom stereocenters. The van der Waals surface area contributed by atoms with Crippen LogP contribution in [0.3, 0.4) is 0 Å². The number of hydrogen-bond donors (Lipinski definition) is 0. The average Bonchev–Trinajstić information content (AvgIpc) is 2.18. The Balaban J connectivity index is 3.13. The van der Waals surface area contributed by atoms with Crippen molar-refractivity contribution >= 4 is 22.6 Å². The number of hydrogen-bond acceptors (Lipinski definition) is 0. The fourth-order valence-corrected chi connectivity index (χ4v) is 2.50. The Morgan fingerprint density at radius 3 is 1.87 bits per heavy atom. The third-order valence-electron chi connectivity index (χ3n) is 4.10. The van der Waals surface area contributed by atoms with E-state index in [1.54, 1.807) is 0 Å². The van der Waals surface area contributed by atoms with Gasteiger partial charge in [0, 0.05) is 3.92 Å². The molecule has 0 spiro atoms. The molecule has 0 aliphatic carbocycles. The van der Waals surface area contributed by atoms with Crippen LogP contribution in [0.25, 0.3) is 0 Å². The Morgan fingerprint density at radius 1 is 1.00 bits per heavy atom. The van der Waals surface area contributed by atoms with E-state index in [1.807, 2.05) is 0 Å². The van der Waals surface area contributed by atoms with E-state index >= 15 is 0 Å². The van der Waals surface area contributed by atoms with Gasteiger partial charge in [-0.05, 0) is 16.4 Å². The van der Waals surface area contributed by atoms with Crippen molar-refractivity contribution in [3.8, 4) is 0 Å². The lowest BCUT2D eigenvalue weighted by Crippen LogP contribution is -2.41. The average molecular weight is 316 g/mol. The van der Waals surface area contributed by atoms with Crippen LogP contribution in [0.1, 0.15) is 40.2 Å². The van der Waals surface area contributed by atoms with Crippen molar-refractivity contribution < 1.29 is 0 Å². The second-order valence-corrected chi connectivity index (χ2v) is 7.20. The molecule has 0 radical (unpaired) electrons. The van der Waals surface area contributed by atoms with Gasteiger partial charge >= 0.3 is 0 Å². The molecular formula is C14H21I. The van der Waals surface area contributed by atoms with E-state index in [2.05, 4.69) is 87.5 Å². The van der Waals surface area contributed by atoms with Crippen molar-refractivity contribution in [2.24, 2.45) is 5.41 Å². The molecule has 0 amide bonds. The number of halogens is 1. The molecule has 0 saturated carbocycles. The van der Waals surface area contributed by atoms with Gasteiger partial charge in [-0.2, -0.15) is 0 Å². The molecule has 0 fully saturated rings. The summed E-state index contributed by atoms with van der Waals surface area (Å²) in [5, 5.41) is 0. The van der Waals surface area contributed by atoms with E-state index in [-0.39, 0.29) is 10.8 Å². The van der Waals surface area contributed by atoms with Gasteiger partial charge < -0.3 is 0 Å². The molecule has 84 valence electrons. The Kier molecular flexibility index (Phi) is 3.85. The largest absolute Gasteiger partial charge is 0.0823 e. The molecule has 1 rings (SSSR count). The molecule has 0 aromatic heterocycles. The van der Waals surface area contributed by atoms with Crippen LogP contribution in [0.5, 0.6) is 0 Å². The first kappa shape index (κ1) is 13.0. The second kappa shape index (κ2) is 4.44. The summed E-state index contributed by atoms with van der Waals surface area (Å²) in [5.74, 6) is 0. The zero-order valence-corrected chi connectivity index (χ0v) is 12.5. The van der Waals surface area contributed by atoms with Crippen LogP contribution in [-0.2, 0) is 5.41 Å². The summed E-state index contributed by atoms with van der Waals surface area (Å²) in [6.07, 6.45) is 0. The number of benzene rings is 1. The fraction of sp³-hybridized carbons (Fsp3) is 0.571. The zero-order chi connectivity index (χ0) is 11.7. The SMILES string of the molecule is CC(I)C(C)(C)C(C)(C)c1ccccc1. The van der Waals surface area contributed by atoms with Crippen LogP contribution in [0.2, 0.25) is 0 Å². The third-order valence-corrected chi connectivity index (χ3v) is 5.66. The molecule has 1 aromatic carbocycles. The Hall–Kier alpha value is -0.0500. The molecular weight excluding hydrogens is 295 g/mol. The summed E-state index contributed by atoms with van der Waals surface area (Å²) in [5.41, 5.74) is 1.92. The van der Waals surface area contributed by atoms with Crippen LogP contribution in [0.4, 0.5) is 0 Å². The minimum atomic E-state index is 0.203. The first-order valence-corrected chi connectivity index (χ1v) is 6.74. The molecule has 1 heteroatoms. The van der Waals surface area contributed by atoms with Crippen LogP contribution >= 0.6 is 22.6 Å². The van der Waals surface area contributed by atoms with Gasteiger partial charge in [-0.15, -0.1) is 0 Å². The van der Waals surface area contributed by atoms with Gasteiger partial charge in [0.05, 0.1) is 0 Å². The molecule has 0 bridgehead atoms. The van der Waals surface area contributed by atoms with Gasteiger partial charge in [-0.3, -0.25) is 0 Å². The predicted octanol–water partition coefficient (Wildman–Crippen LogP) is 4.81. The molecule has 0 N–H and O–H groups in total. The Labute approximate surface area is 108 Å². The topological polar surface area (TPSA) is 0 Å². The zero-order valence-electron chi connectivity index (χ0n) is 10.3. The quantitative estimate of drug-likeness (QED) is 0.554. The predicted molar refractivity (Wildman–Crippen MR) is 76.7 cm³/mol. The summed E-state index contributed by atoms with van der Waals surface area (Å²) >= 11 is 2.54. The summed E-state index contributed by atoms with van der Waals surface area (Å²) in [6.45, 7) is 11.7. The van der Waals surface area contributed by atoms with Gasteiger partial charge in [-0.1, -0.05) is 87.5 Å². The summed E-state index contributed by atoms with van der Waals surface area (Å²) in [7, 11) is 0. The number of rotatable bonds is 3. The van der Waals surface area contributed by atoms with Crippen molar-refractivity contribution in [1.29, 1.82) is 0 Å². The maximum Gasteiger partial charge on any atom is 0.0141 e. The summed E-state index contributed by atoms with van der Waals surface area (Å²) < 4.78 is 0.644. The Morgan fingerprint density at radius 2 is 1.47 bits per heavy atom. The highest BCUT2D eigenvalue weighted by Gasteiger charge is 2.41. The van der Waals surface area contributed by atoms with E-state index in [9.17, 15) is 0 Å². The van der Waals surface area contributed by atoms with Gasteiger partial charge in [-0.25, -0.2) is 0 Å². The van der Waals surface area contributed by atoms with Crippen molar-refractivity contribution in [3.63, 3.8) is 0 Å². The van der Waals surface area contributed by atoms with Gasteiger partial charge in [0.25, 0.3) is 0 Å². The highest BCUT2D eigenvalue weighted by atomic mass is 127. The van der Waals surface area contributed by atoms with Crippen molar-refractivity contribution in [3.05, 3.63) is 35.9 Å². The van der Waals surface area contributed by atoms with Gasteiger partial charge in [0.1, 0.15) is 0 Å². The molecule has 15 heavy (non-hydrogen) atoms. The monoisotopic (exact) mass is 316 g/mol. The summed E-state index contributed by atoms with van der Waals surface area (Å²) in [6, 6.07) is 10.8. The van der Waals surface area contributed by atoms with Gasteiger partial charge in [0.2, 0.25) is 0 Å². The van der Waals surface area contributed by atoms with Crippen LogP contribution in [0.15, 0.2) is 30.3 Å². The maximum absolute atomic E-state index is 2.54. The van der Waals surface area contributed by atoms with Crippen molar-refractivity contribution in [1.82, 2.24) is 0 Å². The highest BCUT2D eigenvalue weighted by molar-refractivity contribution is 14.1. The number of alkyl halides is 1. The van der Waals surface area contributed by atoms with Gasteiger partial charge in [0.15, 0.2) is 0 Å². The molecule has 0 aliphatic heterocycles. The first-order chi connectivity index (χ1) is 6.80. The smallest absolute Gasteiger partial charge is 0.0141 e. The van der Waals surface area contributed by atoms with E-state index < -0.39 is 0 Å².